The van der Waals surface area contributed by atoms with Crippen LogP contribution >= 0.6 is 0 Å². The molecule has 0 heterocycles. The number of aryl methyl sites for hydroxylation is 1. The average Bonchev–Trinajstić information content (AvgIpc) is 2.50. The molecule has 5 nitrogen and oxygen atoms in total. The topological polar surface area (TPSA) is 70.6 Å². The lowest BCUT2D eigenvalue weighted by atomic mass is 10.2. The van der Waals surface area contributed by atoms with Gasteiger partial charge in [-0.3, -0.25) is 9.59 Å². The average molecular weight is 295 g/mol. The normalized spacial score (nSPS) is 10.4. The van der Waals surface area contributed by atoms with Crippen molar-refractivity contribution in [1.29, 1.82) is 0 Å². The monoisotopic (exact) mass is 295 g/mol. The van der Waals surface area contributed by atoms with Crippen LogP contribution in [0.1, 0.15) is 17.5 Å². The molecule has 2 aromatic carbocycles. The first-order valence-corrected chi connectivity index (χ1v) is 6.87. The molecule has 22 heavy (non-hydrogen) atoms. The molecule has 0 bridgehead atoms. The Balaban J connectivity index is 1.78. The number of nitrogens with zero attached hydrogens (tertiary/aromatic N) is 1. The van der Waals surface area contributed by atoms with Crippen molar-refractivity contribution in [3.05, 3.63) is 65.7 Å². The molecule has 0 aliphatic rings. The van der Waals surface area contributed by atoms with Crippen molar-refractivity contribution in [2.24, 2.45) is 5.10 Å². The van der Waals surface area contributed by atoms with Gasteiger partial charge in [0.15, 0.2) is 0 Å². The van der Waals surface area contributed by atoms with Crippen molar-refractivity contribution in [2.45, 2.75) is 13.3 Å². The van der Waals surface area contributed by atoms with E-state index in [0.717, 1.165) is 11.1 Å². The minimum atomic E-state index is -0.461. The van der Waals surface area contributed by atoms with Crippen LogP contribution in [-0.4, -0.2) is 18.0 Å². The number of nitrogens with one attached hydrogen (secondary N) is 2. The van der Waals surface area contributed by atoms with Crippen LogP contribution in [0.3, 0.4) is 0 Å². The first-order chi connectivity index (χ1) is 10.6. The molecule has 0 atom stereocenters. The number of para-hydroxylation sites is 1. The van der Waals surface area contributed by atoms with E-state index in [9.17, 15) is 9.59 Å². The molecular weight excluding hydrogens is 278 g/mol. The summed E-state index contributed by atoms with van der Waals surface area (Å²) in [4.78, 5) is 23.3. The minimum Gasteiger partial charge on any atom is -0.326 e. The van der Waals surface area contributed by atoms with Gasteiger partial charge in [-0.15, -0.1) is 0 Å². The van der Waals surface area contributed by atoms with Crippen molar-refractivity contribution in [3.63, 3.8) is 0 Å². The lowest BCUT2D eigenvalue weighted by Gasteiger charge is -2.03. The summed E-state index contributed by atoms with van der Waals surface area (Å²) in [6, 6.07) is 16.7. The Kier molecular flexibility index (Phi) is 5.43. The Morgan fingerprint density at radius 3 is 2.36 bits per heavy atom. The van der Waals surface area contributed by atoms with Gasteiger partial charge in [-0.05, 0) is 24.6 Å². The van der Waals surface area contributed by atoms with Gasteiger partial charge in [0.1, 0.15) is 6.42 Å². The number of rotatable bonds is 5. The second-order valence-corrected chi connectivity index (χ2v) is 4.79. The Bertz CT molecular complexity index is 664. The number of hydrogen-bond donors (Lipinski definition) is 2. The van der Waals surface area contributed by atoms with Gasteiger partial charge in [-0.1, -0.05) is 48.0 Å². The Morgan fingerprint density at radius 2 is 1.68 bits per heavy atom. The zero-order chi connectivity index (χ0) is 15.8. The van der Waals surface area contributed by atoms with Gasteiger partial charge in [0.2, 0.25) is 11.8 Å². The summed E-state index contributed by atoms with van der Waals surface area (Å²) in [5, 5.41) is 6.46. The molecule has 0 saturated carbocycles. The summed E-state index contributed by atoms with van der Waals surface area (Å²) in [7, 11) is 0. The third-order valence-electron chi connectivity index (χ3n) is 2.86. The number of hydrazone groups is 1. The third-order valence-corrected chi connectivity index (χ3v) is 2.86. The lowest BCUT2D eigenvalue weighted by Crippen LogP contribution is -2.24. The number of carbonyl (C=O) groups is 2. The molecule has 0 unspecified atom stereocenters. The second kappa shape index (κ2) is 7.73. The van der Waals surface area contributed by atoms with E-state index in [4.69, 9.17) is 0 Å². The Labute approximate surface area is 129 Å². The zero-order valence-corrected chi connectivity index (χ0v) is 12.2. The van der Waals surface area contributed by atoms with Crippen molar-refractivity contribution in [3.8, 4) is 0 Å². The predicted molar refractivity (Wildman–Crippen MR) is 86.6 cm³/mol. The van der Waals surface area contributed by atoms with Gasteiger partial charge in [-0.2, -0.15) is 5.10 Å². The van der Waals surface area contributed by atoms with Crippen LogP contribution in [0, 0.1) is 6.92 Å². The van der Waals surface area contributed by atoms with E-state index in [-0.39, 0.29) is 12.3 Å². The van der Waals surface area contributed by atoms with E-state index >= 15 is 0 Å². The van der Waals surface area contributed by atoms with E-state index in [0.29, 0.717) is 5.69 Å². The van der Waals surface area contributed by atoms with Crippen molar-refractivity contribution >= 4 is 23.7 Å². The zero-order valence-electron chi connectivity index (χ0n) is 12.2. The van der Waals surface area contributed by atoms with Crippen LogP contribution in [-0.2, 0) is 9.59 Å². The fourth-order valence-corrected chi connectivity index (χ4v) is 1.74. The molecule has 2 aromatic rings. The molecule has 0 fully saturated rings. The SMILES string of the molecule is Cc1ccc(C=NNC(=O)CC(=O)Nc2ccccc2)cc1. The number of benzene rings is 2. The predicted octanol–water partition coefficient (Wildman–Crippen LogP) is 2.47. The standard InChI is InChI=1S/C17H17N3O2/c1-13-7-9-14(10-8-13)12-18-20-17(22)11-16(21)19-15-5-3-2-4-6-15/h2-10,12H,11H2,1H3,(H,19,21)(H,20,22). The maximum absolute atomic E-state index is 11.7. The third kappa shape index (κ3) is 5.20. The first kappa shape index (κ1) is 15.4. The summed E-state index contributed by atoms with van der Waals surface area (Å²) in [5.74, 6) is -0.842. The molecule has 0 saturated heterocycles. The van der Waals surface area contributed by atoms with Crippen LogP contribution in [0.15, 0.2) is 59.7 Å². The van der Waals surface area contributed by atoms with Gasteiger partial charge >= 0.3 is 0 Å². The van der Waals surface area contributed by atoms with Crippen molar-refractivity contribution in [2.75, 3.05) is 5.32 Å². The molecule has 2 amide bonds. The van der Waals surface area contributed by atoms with Crippen LogP contribution in [0.5, 0.6) is 0 Å². The molecule has 2 rings (SSSR count). The maximum Gasteiger partial charge on any atom is 0.249 e. The molecule has 2 N–H and O–H groups in total. The molecule has 112 valence electrons. The fourth-order valence-electron chi connectivity index (χ4n) is 1.74. The van der Waals surface area contributed by atoms with E-state index in [1.54, 1.807) is 12.1 Å². The maximum atomic E-state index is 11.7. The van der Waals surface area contributed by atoms with E-state index in [2.05, 4.69) is 15.8 Å². The molecule has 0 aromatic heterocycles. The molecule has 0 aliphatic carbocycles. The molecular formula is C17H17N3O2. The smallest absolute Gasteiger partial charge is 0.249 e. The van der Waals surface area contributed by atoms with Crippen LogP contribution in [0.25, 0.3) is 0 Å². The van der Waals surface area contributed by atoms with Crippen LogP contribution in [0.4, 0.5) is 5.69 Å². The molecule has 0 spiro atoms. The van der Waals surface area contributed by atoms with Gasteiger partial charge < -0.3 is 5.32 Å². The Hall–Kier alpha value is -2.95. The van der Waals surface area contributed by atoms with Crippen LogP contribution in [0.2, 0.25) is 0 Å². The number of anilines is 1. The van der Waals surface area contributed by atoms with Gasteiger partial charge in [-0.25, -0.2) is 5.43 Å². The van der Waals surface area contributed by atoms with Gasteiger partial charge in [0.25, 0.3) is 0 Å². The van der Waals surface area contributed by atoms with E-state index < -0.39 is 5.91 Å². The highest BCUT2D eigenvalue weighted by Gasteiger charge is 2.08. The van der Waals surface area contributed by atoms with Crippen molar-refractivity contribution in [1.82, 2.24) is 5.43 Å². The minimum absolute atomic E-state index is 0.278. The largest absolute Gasteiger partial charge is 0.326 e. The second-order valence-electron chi connectivity index (χ2n) is 4.79. The lowest BCUT2D eigenvalue weighted by molar-refractivity contribution is -0.126. The molecule has 0 aliphatic heterocycles. The summed E-state index contributed by atoms with van der Waals surface area (Å²) < 4.78 is 0. The van der Waals surface area contributed by atoms with Gasteiger partial charge in [0, 0.05) is 5.69 Å². The van der Waals surface area contributed by atoms with E-state index in [1.807, 2.05) is 49.4 Å². The summed E-state index contributed by atoms with van der Waals surface area (Å²) in [6.45, 7) is 1.99. The quantitative estimate of drug-likeness (QED) is 0.505. The highest BCUT2D eigenvalue weighted by molar-refractivity contribution is 6.03. The number of carbonyl (C=O) groups excluding carboxylic acids is 2. The number of amides is 2. The Morgan fingerprint density at radius 1 is 1.00 bits per heavy atom. The molecule has 0 radical (unpaired) electrons. The number of hydrogen-bond acceptors (Lipinski definition) is 3. The van der Waals surface area contributed by atoms with Gasteiger partial charge in [0.05, 0.1) is 6.21 Å². The summed E-state index contributed by atoms with van der Waals surface area (Å²) in [6.07, 6.45) is 1.26. The summed E-state index contributed by atoms with van der Waals surface area (Å²) >= 11 is 0. The van der Waals surface area contributed by atoms with Crippen molar-refractivity contribution < 1.29 is 9.59 Å². The van der Waals surface area contributed by atoms with Crippen LogP contribution < -0.4 is 10.7 Å². The molecule has 5 heteroatoms. The summed E-state index contributed by atoms with van der Waals surface area (Å²) in [5.41, 5.74) is 5.01. The fraction of sp³-hybridized carbons (Fsp3) is 0.118. The highest BCUT2D eigenvalue weighted by Crippen LogP contribution is 2.05. The first-order valence-electron chi connectivity index (χ1n) is 6.87. The van der Waals surface area contributed by atoms with E-state index in [1.165, 1.54) is 6.21 Å². The highest BCUT2D eigenvalue weighted by atomic mass is 16.2.